The molecule has 1 N–H and O–H groups in total. The molecule has 5 rings (SSSR count). The van der Waals surface area contributed by atoms with Gasteiger partial charge in [-0.3, -0.25) is 0 Å². The number of thiazole rings is 1. The number of morpholine rings is 1. The van der Waals surface area contributed by atoms with E-state index in [1.807, 2.05) is 17.5 Å². The molecule has 2 aliphatic heterocycles. The first-order chi connectivity index (χ1) is 15.0. The van der Waals surface area contributed by atoms with Crippen LogP contribution in [-0.2, 0) is 19.5 Å². The zero-order chi connectivity index (χ0) is 21.4. The van der Waals surface area contributed by atoms with Crippen LogP contribution in [0.15, 0.2) is 58.8 Å². The van der Waals surface area contributed by atoms with Crippen LogP contribution in [0.1, 0.15) is 22.1 Å². The van der Waals surface area contributed by atoms with Crippen LogP contribution in [0.3, 0.4) is 0 Å². The van der Waals surface area contributed by atoms with E-state index in [1.165, 1.54) is 15.6 Å². The fourth-order valence-corrected chi connectivity index (χ4v) is 5.72. The van der Waals surface area contributed by atoms with Gasteiger partial charge < -0.3 is 14.8 Å². The van der Waals surface area contributed by atoms with Crippen molar-refractivity contribution in [2.75, 3.05) is 31.6 Å². The Bertz CT molecular complexity index is 1220. The standard InChI is InChI=1S/C21H19N3O5S2/c25-20-17-4-2-1-3-16(17)19(29-20)23-21-22-18(13-30-21)14-5-7-15(8-6-14)31(26,27)24-9-11-28-12-10-24/h1-8,13,19H,9-12H2,(H,22,23). The quantitative estimate of drug-likeness (QED) is 0.588. The minimum atomic E-state index is -3.53. The lowest BCUT2D eigenvalue weighted by molar-refractivity contribution is 0.0437. The number of anilines is 1. The average molecular weight is 458 g/mol. The van der Waals surface area contributed by atoms with Crippen molar-refractivity contribution in [3.05, 3.63) is 65.0 Å². The lowest BCUT2D eigenvalue weighted by Crippen LogP contribution is -2.40. The molecule has 3 aromatic rings. The van der Waals surface area contributed by atoms with Gasteiger partial charge in [0.2, 0.25) is 16.3 Å². The lowest BCUT2D eigenvalue weighted by atomic mass is 10.1. The highest BCUT2D eigenvalue weighted by Crippen LogP contribution is 2.34. The highest BCUT2D eigenvalue weighted by Gasteiger charge is 2.31. The van der Waals surface area contributed by atoms with Crippen LogP contribution >= 0.6 is 11.3 Å². The Hall–Kier alpha value is -2.79. The molecule has 0 bridgehead atoms. The van der Waals surface area contributed by atoms with Crippen LogP contribution in [0.4, 0.5) is 5.13 Å². The van der Waals surface area contributed by atoms with Crippen molar-refractivity contribution in [1.29, 1.82) is 0 Å². The first-order valence-corrected chi connectivity index (χ1v) is 12.0. The molecule has 1 unspecified atom stereocenters. The van der Waals surface area contributed by atoms with Crippen molar-refractivity contribution >= 4 is 32.5 Å². The third-order valence-electron chi connectivity index (χ3n) is 5.20. The first-order valence-electron chi connectivity index (χ1n) is 9.73. The summed E-state index contributed by atoms with van der Waals surface area (Å²) < 4.78 is 37.6. The predicted octanol–water partition coefficient (Wildman–Crippen LogP) is 3.11. The van der Waals surface area contributed by atoms with Gasteiger partial charge in [0.05, 0.1) is 29.4 Å². The number of fused-ring (bicyclic) bond motifs is 1. The molecule has 0 spiro atoms. The van der Waals surface area contributed by atoms with Crippen molar-refractivity contribution in [3.63, 3.8) is 0 Å². The maximum atomic E-state index is 12.8. The Morgan fingerprint density at radius 2 is 1.81 bits per heavy atom. The van der Waals surface area contributed by atoms with E-state index in [0.29, 0.717) is 42.7 Å². The summed E-state index contributed by atoms with van der Waals surface area (Å²) >= 11 is 1.39. The fraction of sp³-hybridized carbons (Fsp3) is 0.238. The molecule has 2 aromatic carbocycles. The van der Waals surface area contributed by atoms with Crippen LogP contribution in [-0.4, -0.2) is 50.0 Å². The van der Waals surface area contributed by atoms with E-state index in [4.69, 9.17) is 9.47 Å². The molecule has 160 valence electrons. The van der Waals surface area contributed by atoms with Crippen LogP contribution in [0.25, 0.3) is 11.3 Å². The summed E-state index contributed by atoms with van der Waals surface area (Å²) in [7, 11) is -3.53. The molecular weight excluding hydrogens is 438 g/mol. The number of sulfonamides is 1. The number of rotatable bonds is 5. The third-order valence-corrected chi connectivity index (χ3v) is 7.89. The number of hydrogen-bond donors (Lipinski definition) is 1. The van der Waals surface area contributed by atoms with Crippen molar-refractivity contribution in [2.24, 2.45) is 0 Å². The second kappa shape index (κ2) is 8.04. The van der Waals surface area contributed by atoms with Gasteiger partial charge in [0, 0.05) is 29.6 Å². The number of aromatic nitrogens is 1. The molecule has 10 heteroatoms. The zero-order valence-electron chi connectivity index (χ0n) is 16.4. The van der Waals surface area contributed by atoms with E-state index in [-0.39, 0.29) is 10.9 Å². The van der Waals surface area contributed by atoms with Gasteiger partial charge in [-0.05, 0) is 18.2 Å². The van der Waals surface area contributed by atoms with Crippen LogP contribution in [0.5, 0.6) is 0 Å². The van der Waals surface area contributed by atoms with Gasteiger partial charge in [0.15, 0.2) is 5.13 Å². The topological polar surface area (TPSA) is 97.8 Å². The molecule has 1 aromatic heterocycles. The molecule has 31 heavy (non-hydrogen) atoms. The van der Waals surface area contributed by atoms with E-state index < -0.39 is 16.3 Å². The molecule has 0 amide bonds. The van der Waals surface area contributed by atoms with Gasteiger partial charge in [-0.25, -0.2) is 18.2 Å². The number of carbonyl (C=O) groups is 1. The fourth-order valence-electron chi connectivity index (χ4n) is 3.57. The Morgan fingerprint density at radius 1 is 1.06 bits per heavy atom. The summed E-state index contributed by atoms with van der Waals surface area (Å²) in [4.78, 5) is 16.8. The van der Waals surface area contributed by atoms with E-state index >= 15 is 0 Å². The van der Waals surface area contributed by atoms with Gasteiger partial charge in [0.1, 0.15) is 0 Å². The number of benzene rings is 2. The lowest BCUT2D eigenvalue weighted by Gasteiger charge is -2.26. The number of hydrogen-bond acceptors (Lipinski definition) is 8. The summed E-state index contributed by atoms with van der Waals surface area (Å²) in [6, 6.07) is 13.9. The van der Waals surface area contributed by atoms with Crippen LogP contribution in [0.2, 0.25) is 0 Å². The highest BCUT2D eigenvalue weighted by atomic mass is 32.2. The summed E-state index contributed by atoms with van der Waals surface area (Å²) in [5.74, 6) is -0.359. The van der Waals surface area contributed by atoms with E-state index in [0.717, 1.165) is 11.1 Å². The normalized spacial score (nSPS) is 19.1. The monoisotopic (exact) mass is 457 g/mol. The van der Waals surface area contributed by atoms with Crippen molar-refractivity contribution in [2.45, 2.75) is 11.1 Å². The Balaban J connectivity index is 1.32. The molecular formula is C21H19N3O5S2. The number of nitrogens with zero attached hydrogens (tertiary/aromatic N) is 2. The first kappa shape index (κ1) is 20.1. The Morgan fingerprint density at radius 3 is 2.58 bits per heavy atom. The Labute approximate surface area is 183 Å². The number of esters is 1. The second-order valence-corrected chi connectivity index (χ2v) is 9.89. The zero-order valence-corrected chi connectivity index (χ0v) is 18.0. The summed E-state index contributed by atoms with van der Waals surface area (Å²) in [5.41, 5.74) is 2.84. The van der Waals surface area contributed by atoms with E-state index in [2.05, 4.69) is 10.3 Å². The number of ether oxygens (including phenoxy) is 2. The SMILES string of the molecule is O=C1OC(Nc2nc(-c3ccc(S(=O)(=O)N4CCOCC4)cc3)cs2)c2ccccc21. The van der Waals surface area contributed by atoms with E-state index in [9.17, 15) is 13.2 Å². The van der Waals surface area contributed by atoms with E-state index in [1.54, 1.807) is 36.4 Å². The molecule has 8 nitrogen and oxygen atoms in total. The maximum absolute atomic E-state index is 12.8. The molecule has 1 fully saturated rings. The molecule has 1 atom stereocenters. The summed E-state index contributed by atoms with van der Waals surface area (Å²) in [6.07, 6.45) is -0.580. The van der Waals surface area contributed by atoms with Gasteiger partial charge in [0.25, 0.3) is 0 Å². The van der Waals surface area contributed by atoms with Crippen molar-refractivity contribution < 1.29 is 22.7 Å². The minimum absolute atomic E-state index is 0.251. The summed E-state index contributed by atoms with van der Waals surface area (Å²) in [5, 5.41) is 5.62. The number of cyclic esters (lactones) is 1. The highest BCUT2D eigenvalue weighted by molar-refractivity contribution is 7.89. The molecule has 2 aliphatic rings. The van der Waals surface area contributed by atoms with Crippen LogP contribution < -0.4 is 5.32 Å². The van der Waals surface area contributed by atoms with Gasteiger partial charge in [-0.15, -0.1) is 11.3 Å². The largest absolute Gasteiger partial charge is 0.434 e. The van der Waals surface area contributed by atoms with Crippen molar-refractivity contribution in [1.82, 2.24) is 9.29 Å². The second-order valence-electron chi connectivity index (χ2n) is 7.10. The third kappa shape index (κ3) is 3.83. The van der Waals surface area contributed by atoms with Gasteiger partial charge >= 0.3 is 5.97 Å². The van der Waals surface area contributed by atoms with Gasteiger partial charge in [-0.1, -0.05) is 30.3 Å². The molecule has 1 saturated heterocycles. The number of carbonyl (C=O) groups excluding carboxylic acids is 1. The number of nitrogens with one attached hydrogen (secondary N) is 1. The molecule has 3 heterocycles. The molecule has 0 aliphatic carbocycles. The minimum Gasteiger partial charge on any atom is -0.434 e. The van der Waals surface area contributed by atoms with Gasteiger partial charge in [-0.2, -0.15) is 4.31 Å². The van der Waals surface area contributed by atoms with Crippen molar-refractivity contribution in [3.8, 4) is 11.3 Å². The average Bonchev–Trinajstić information content (AvgIpc) is 3.40. The maximum Gasteiger partial charge on any atom is 0.340 e. The predicted molar refractivity (Wildman–Crippen MR) is 115 cm³/mol. The summed E-state index contributed by atoms with van der Waals surface area (Å²) in [6.45, 7) is 1.54. The molecule has 0 radical (unpaired) electrons. The smallest absolute Gasteiger partial charge is 0.340 e. The molecule has 0 saturated carbocycles. The Kier molecular flexibility index (Phi) is 5.22. The van der Waals surface area contributed by atoms with Crippen LogP contribution in [0, 0.1) is 0 Å².